The highest BCUT2D eigenvalue weighted by molar-refractivity contribution is 5.91. The fourth-order valence-corrected chi connectivity index (χ4v) is 1.48. The van der Waals surface area contributed by atoms with Gasteiger partial charge in [0.05, 0.1) is 6.42 Å². The van der Waals surface area contributed by atoms with Crippen LogP contribution in [-0.4, -0.2) is 5.91 Å². The smallest absolute Gasteiger partial charge is 0.231 e. The summed E-state index contributed by atoms with van der Waals surface area (Å²) in [5, 5.41) is 2.66. The van der Waals surface area contributed by atoms with Crippen molar-refractivity contribution in [2.75, 3.05) is 5.32 Å². The summed E-state index contributed by atoms with van der Waals surface area (Å²) in [7, 11) is 0. The summed E-state index contributed by atoms with van der Waals surface area (Å²) in [6.45, 7) is 1.82. The number of amides is 1. The van der Waals surface area contributed by atoms with Gasteiger partial charge < -0.3 is 9.73 Å². The van der Waals surface area contributed by atoms with Crippen molar-refractivity contribution in [2.45, 2.75) is 13.3 Å². The molecule has 0 fully saturated rings. The second-order valence-corrected chi connectivity index (χ2v) is 3.74. The monoisotopic (exact) mass is 233 g/mol. The minimum Gasteiger partial charge on any atom is -0.466 e. The molecule has 0 aliphatic carbocycles. The van der Waals surface area contributed by atoms with Crippen molar-refractivity contribution in [3.8, 4) is 0 Å². The molecule has 0 saturated heterocycles. The van der Waals surface area contributed by atoms with Crippen LogP contribution in [0.25, 0.3) is 0 Å². The zero-order valence-electron chi connectivity index (χ0n) is 9.37. The second kappa shape index (κ2) is 4.82. The van der Waals surface area contributed by atoms with E-state index in [9.17, 15) is 9.18 Å². The van der Waals surface area contributed by atoms with Crippen molar-refractivity contribution in [3.63, 3.8) is 0 Å². The Bertz CT molecular complexity index is 516. The molecule has 1 amide bonds. The van der Waals surface area contributed by atoms with E-state index in [4.69, 9.17) is 4.42 Å². The molecule has 2 aromatic rings. The number of carbonyl (C=O) groups is 1. The Morgan fingerprint density at radius 2 is 1.94 bits per heavy atom. The van der Waals surface area contributed by atoms with Crippen molar-refractivity contribution in [1.82, 2.24) is 0 Å². The van der Waals surface area contributed by atoms with Gasteiger partial charge >= 0.3 is 0 Å². The van der Waals surface area contributed by atoms with E-state index in [-0.39, 0.29) is 18.1 Å². The zero-order valence-corrected chi connectivity index (χ0v) is 9.37. The van der Waals surface area contributed by atoms with Crippen LogP contribution in [0.4, 0.5) is 10.1 Å². The molecular formula is C13H12FNO2. The van der Waals surface area contributed by atoms with Crippen molar-refractivity contribution < 1.29 is 13.6 Å². The number of rotatable bonds is 3. The van der Waals surface area contributed by atoms with Gasteiger partial charge in [-0.1, -0.05) is 0 Å². The fraction of sp³-hybridized carbons (Fsp3) is 0.154. The summed E-state index contributed by atoms with van der Waals surface area (Å²) in [5.74, 6) is 0.868. The van der Waals surface area contributed by atoms with Gasteiger partial charge in [0.15, 0.2) is 0 Å². The molecule has 1 aromatic heterocycles. The maximum absolute atomic E-state index is 12.6. The molecular weight excluding hydrogens is 221 g/mol. The van der Waals surface area contributed by atoms with Gasteiger partial charge in [-0.2, -0.15) is 0 Å². The first-order valence-electron chi connectivity index (χ1n) is 5.24. The van der Waals surface area contributed by atoms with Gasteiger partial charge in [0.25, 0.3) is 0 Å². The van der Waals surface area contributed by atoms with Crippen molar-refractivity contribution in [1.29, 1.82) is 0 Å². The van der Waals surface area contributed by atoms with Gasteiger partial charge in [-0.3, -0.25) is 4.79 Å². The minimum atomic E-state index is -0.329. The van der Waals surface area contributed by atoms with Crippen molar-refractivity contribution in [2.24, 2.45) is 0 Å². The van der Waals surface area contributed by atoms with E-state index < -0.39 is 0 Å². The summed E-state index contributed by atoms with van der Waals surface area (Å²) in [5.41, 5.74) is 0.569. The summed E-state index contributed by atoms with van der Waals surface area (Å²) in [6.07, 6.45) is 0.172. The lowest BCUT2D eigenvalue weighted by atomic mass is 10.2. The summed E-state index contributed by atoms with van der Waals surface area (Å²) in [6, 6.07) is 9.20. The largest absolute Gasteiger partial charge is 0.466 e. The van der Waals surface area contributed by atoms with E-state index in [1.165, 1.54) is 24.3 Å². The average Bonchev–Trinajstić information content (AvgIpc) is 2.67. The highest BCUT2D eigenvalue weighted by Gasteiger charge is 2.07. The first-order chi connectivity index (χ1) is 8.13. The van der Waals surface area contributed by atoms with Gasteiger partial charge in [0, 0.05) is 5.69 Å². The second-order valence-electron chi connectivity index (χ2n) is 3.74. The van der Waals surface area contributed by atoms with E-state index in [0.717, 1.165) is 5.76 Å². The van der Waals surface area contributed by atoms with Gasteiger partial charge in [-0.25, -0.2) is 4.39 Å². The molecule has 88 valence electrons. The molecule has 1 heterocycles. The van der Waals surface area contributed by atoms with Crippen LogP contribution in [-0.2, 0) is 11.2 Å². The lowest BCUT2D eigenvalue weighted by Gasteiger charge is -2.03. The lowest BCUT2D eigenvalue weighted by Crippen LogP contribution is -2.13. The Morgan fingerprint density at radius 1 is 1.24 bits per heavy atom. The highest BCUT2D eigenvalue weighted by Crippen LogP contribution is 2.11. The molecule has 3 nitrogen and oxygen atoms in total. The highest BCUT2D eigenvalue weighted by atomic mass is 19.1. The molecule has 1 N–H and O–H groups in total. The maximum atomic E-state index is 12.6. The Morgan fingerprint density at radius 3 is 2.53 bits per heavy atom. The standard InChI is InChI=1S/C13H12FNO2/c1-9-2-7-12(17-9)8-13(16)15-11-5-3-10(14)4-6-11/h2-7H,8H2,1H3,(H,15,16). The first kappa shape index (κ1) is 11.4. The van der Waals surface area contributed by atoms with Gasteiger partial charge in [0.2, 0.25) is 5.91 Å². The van der Waals surface area contributed by atoms with Crippen molar-refractivity contribution in [3.05, 3.63) is 53.7 Å². The topological polar surface area (TPSA) is 42.2 Å². The molecule has 0 unspecified atom stereocenters. The van der Waals surface area contributed by atoms with Crippen LogP contribution in [0.3, 0.4) is 0 Å². The number of benzene rings is 1. The summed E-state index contributed by atoms with van der Waals surface area (Å²) >= 11 is 0. The van der Waals surface area contributed by atoms with Gasteiger partial charge in [-0.05, 0) is 43.3 Å². The van der Waals surface area contributed by atoms with E-state index in [0.29, 0.717) is 11.4 Å². The summed E-state index contributed by atoms with van der Waals surface area (Å²) in [4.78, 5) is 11.6. The Balaban J connectivity index is 1.95. The third-order valence-electron chi connectivity index (χ3n) is 2.26. The number of nitrogens with one attached hydrogen (secondary N) is 1. The van der Waals surface area contributed by atoms with Gasteiger partial charge in [-0.15, -0.1) is 0 Å². The molecule has 0 aliphatic heterocycles. The lowest BCUT2D eigenvalue weighted by molar-refractivity contribution is -0.115. The average molecular weight is 233 g/mol. The predicted molar refractivity (Wildman–Crippen MR) is 62.2 cm³/mol. The molecule has 0 atom stereocenters. The van der Waals surface area contributed by atoms with E-state index >= 15 is 0 Å². The van der Waals surface area contributed by atoms with Crippen LogP contribution in [0, 0.1) is 12.7 Å². The zero-order chi connectivity index (χ0) is 12.3. The molecule has 1 aromatic carbocycles. The number of halogens is 1. The molecule has 0 bridgehead atoms. The molecule has 17 heavy (non-hydrogen) atoms. The first-order valence-corrected chi connectivity index (χ1v) is 5.24. The van der Waals surface area contributed by atoms with E-state index in [2.05, 4.69) is 5.32 Å². The summed E-state index contributed by atoms with van der Waals surface area (Å²) < 4.78 is 17.9. The Hall–Kier alpha value is -2.10. The fourth-order valence-electron chi connectivity index (χ4n) is 1.48. The van der Waals surface area contributed by atoms with Crippen LogP contribution >= 0.6 is 0 Å². The third kappa shape index (κ3) is 3.17. The number of aryl methyl sites for hydroxylation is 1. The van der Waals surface area contributed by atoms with Crippen LogP contribution < -0.4 is 5.32 Å². The SMILES string of the molecule is Cc1ccc(CC(=O)Nc2ccc(F)cc2)o1. The number of furan rings is 1. The van der Waals surface area contributed by atoms with E-state index in [1.807, 2.05) is 6.92 Å². The van der Waals surface area contributed by atoms with Crippen LogP contribution in [0.2, 0.25) is 0 Å². The van der Waals surface area contributed by atoms with Crippen LogP contribution in [0.15, 0.2) is 40.8 Å². The van der Waals surface area contributed by atoms with Crippen molar-refractivity contribution >= 4 is 11.6 Å². The molecule has 0 saturated carbocycles. The number of anilines is 1. The molecule has 0 spiro atoms. The number of hydrogen-bond donors (Lipinski definition) is 1. The van der Waals surface area contributed by atoms with Gasteiger partial charge in [0.1, 0.15) is 17.3 Å². The number of hydrogen-bond acceptors (Lipinski definition) is 2. The van der Waals surface area contributed by atoms with E-state index in [1.54, 1.807) is 12.1 Å². The predicted octanol–water partition coefficient (Wildman–Crippen LogP) is 2.91. The third-order valence-corrected chi connectivity index (χ3v) is 2.26. The van der Waals surface area contributed by atoms with Crippen LogP contribution in [0.5, 0.6) is 0 Å². The van der Waals surface area contributed by atoms with Crippen LogP contribution in [0.1, 0.15) is 11.5 Å². The Labute approximate surface area is 98.3 Å². The molecule has 2 rings (SSSR count). The minimum absolute atomic E-state index is 0.172. The number of carbonyl (C=O) groups excluding carboxylic acids is 1. The maximum Gasteiger partial charge on any atom is 0.231 e. The normalized spacial score (nSPS) is 10.2. The Kier molecular flexibility index (Phi) is 3.23. The molecule has 0 radical (unpaired) electrons. The molecule has 4 heteroatoms. The quantitative estimate of drug-likeness (QED) is 0.885. The molecule has 0 aliphatic rings.